The molecule has 0 aromatic heterocycles. The van der Waals surface area contributed by atoms with Crippen molar-refractivity contribution in [1.82, 2.24) is 0 Å². The molecule has 3 rings (SSSR count). The standard InChI is InChI=1S/C14H12N2O4S/c17-16(18)11-3-1-2-4-14(11)21-15-10-5-6-12-13(9-10)20-8-7-19-12/h1-6,9,15H,7-8H2. The summed E-state index contributed by atoms with van der Waals surface area (Å²) in [7, 11) is 0. The summed E-state index contributed by atoms with van der Waals surface area (Å²) in [5.74, 6) is 1.39. The number of hydrogen-bond acceptors (Lipinski definition) is 6. The van der Waals surface area contributed by atoms with E-state index < -0.39 is 4.92 Å². The van der Waals surface area contributed by atoms with Gasteiger partial charge in [-0.15, -0.1) is 0 Å². The molecular formula is C14H12N2O4S. The molecule has 0 unspecified atom stereocenters. The molecule has 6 nitrogen and oxygen atoms in total. The topological polar surface area (TPSA) is 73.6 Å². The number of benzene rings is 2. The Morgan fingerprint density at radius 3 is 2.67 bits per heavy atom. The van der Waals surface area contributed by atoms with Gasteiger partial charge in [0.2, 0.25) is 0 Å². The lowest BCUT2D eigenvalue weighted by molar-refractivity contribution is -0.387. The molecule has 0 bridgehead atoms. The van der Waals surface area contributed by atoms with Crippen molar-refractivity contribution >= 4 is 23.3 Å². The Morgan fingerprint density at radius 2 is 1.86 bits per heavy atom. The SMILES string of the molecule is O=[N+]([O-])c1ccccc1SNc1ccc2c(c1)OCCO2. The highest BCUT2D eigenvalue weighted by molar-refractivity contribution is 8.00. The quantitative estimate of drug-likeness (QED) is 0.529. The Kier molecular flexibility index (Phi) is 3.83. The lowest BCUT2D eigenvalue weighted by Gasteiger charge is -2.19. The van der Waals surface area contributed by atoms with Crippen LogP contribution in [0.5, 0.6) is 11.5 Å². The zero-order valence-corrected chi connectivity index (χ0v) is 11.8. The van der Waals surface area contributed by atoms with Gasteiger partial charge in [-0.25, -0.2) is 0 Å². The van der Waals surface area contributed by atoms with E-state index in [4.69, 9.17) is 9.47 Å². The highest BCUT2D eigenvalue weighted by Crippen LogP contribution is 2.35. The monoisotopic (exact) mass is 304 g/mol. The molecule has 108 valence electrons. The van der Waals surface area contributed by atoms with Gasteiger partial charge in [-0.05, 0) is 30.1 Å². The molecule has 2 aromatic rings. The smallest absolute Gasteiger partial charge is 0.284 e. The molecule has 0 atom stereocenters. The van der Waals surface area contributed by atoms with Crippen LogP contribution in [0.15, 0.2) is 47.4 Å². The second-order valence-corrected chi connectivity index (χ2v) is 5.14. The van der Waals surface area contributed by atoms with Gasteiger partial charge in [0.25, 0.3) is 5.69 Å². The van der Waals surface area contributed by atoms with Gasteiger partial charge in [0.05, 0.1) is 4.92 Å². The highest BCUT2D eigenvalue weighted by atomic mass is 32.2. The van der Waals surface area contributed by atoms with E-state index in [1.165, 1.54) is 18.0 Å². The minimum absolute atomic E-state index is 0.0764. The first-order valence-electron chi connectivity index (χ1n) is 6.30. The molecule has 0 saturated heterocycles. The van der Waals surface area contributed by atoms with Gasteiger partial charge in [0.15, 0.2) is 11.5 Å². The van der Waals surface area contributed by atoms with E-state index in [0.29, 0.717) is 29.6 Å². The van der Waals surface area contributed by atoms with Crippen LogP contribution in [0.4, 0.5) is 11.4 Å². The van der Waals surface area contributed by atoms with Gasteiger partial charge < -0.3 is 14.2 Å². The number of fused-ring (bicyclic) bond motifs is 1. The molecule has 0 radical (unpaired) electrons. The Hall–Kier alpha value is -2.41. The predicted molar refractivity (Wildman–Crippen MR) is 80.0 cm³/mol. The number of anilines is 1. The number of rotatable bonds is 4. The van der Waals surface area contributed by atoms with Crippen molar-refractivity contribution in [2.75, 3.05) is 17.9 Å². The summed E-state index contributed by atoms with van der Waals surface area (Å²) in [4.78, 5) is 11.1. The summed E-state index contributed by atoms with van der Waals surface area (Å²) in [6, 6.07) is 12.1. The van der Waals surface area contributed by atoms with Gasteiger partial charge in [-0.1, -0.05) is 12.1 Å². The van der Waals surface area contributed by atoms with Crippen LogP contribution in [0.1, 0.15) is 0 Å². The fourth-order valence-corrected chi connectivity index (χ4v) is 2.66. The zero-order chi connectivity index (χ0) is 14.7. The van der Waals surface area contributed by atoms with Crippen LogP contribution in [-0.2, 0) is 0 Å². The van der Waals surface area contributed by atoms with E-state index >= 15 is 0 Å². The van der Waals surface area contributed by atoms with E-state index in [-0.39, 0.29) is 5.69 Å². The van der Waals surface area contributed by atoms with Crippen LogP contribution >= 0.6 is 11.9 Å². The zero-order valence-electron chi connectivity index (χ0n) is 10.9. The van der Waals surface area contributed by atoms with E-state index in [0.717, 1.165) is 5.69 Å². The second-order valence-electron chi connectivity index (χ2n) is 4.29. The predicted octanol–water partition coefficient (Wildman–Crippen LogP) is 3.49. The van der Waals surface area contributed by atoms with Crippen molar-refractivity contribution in [3.05, 3.63) is 52.6 Å². The van der Waals surface area contributed by atoms with E-state index in [9.17, 15) is 10.1 Å². The number of nitrogens with zero attached hydrogens (tertiary/aromatic N) is 1. The van der Waals surface area contributed by atoms with Crippen LogP contribution in [0.3, 0.4) is 0 Å². The van der Waals surface area contributed by atoms with Crippen molar-refractivity contribution < 1.29 is 14.4 Å². The van der Waals surface area contributed by atoms with E-state index in [2.05, 4.69) is 4.72 Å². The van der Waals surface area contributed by atoms with Crippen molar-refractivity contribution in [3.63, 3.8) is 0 Å². The molecule has 1 aliphatic heterocycles. The number of nitro groups is 1. The highest BCUT2D eigenvalue weighted by Gasteiger charge is 2.14. The lowest BCUT2D eigenvalue weighted by atomic mass is 10.3. The first-order chi connectivity index (χ1) is 10.2. The number of hydrogen-bond donors (Lipinski definition) is 1. The fourth-order valence-electron chi connectivity index (χ4n) is 1.92. The molecule has 1 heterocycles. The molecule has 7 heteroatoms. The molecule has 1 N–H and O–H groups in total. The minimum Gasteiger partial charge on any atom is -0.486 e. The summed E-state index contributed by atoms with van der Waals surface area (Å²) in [5, 5.41) is 11.0. The Bertz CT molecular complexity index is 678. The van der Waals surface area contributed by atoms with Crippen LogP contribution in [-0.4, -0.2) is 18.1 Å². The minimum atomic E-state index is -0.395. The Labute approximate surface area is 125 Å². The maximum absolute atomic E-state index is 11.0. The maximum Gasteiger partial charge on any atom is 0.284 e. The third-order valence-electron chi connectivity index (χ3n) is 2.88. The summed E-state index contributed by atoms with van der Waals surface area (Å²) in [6.45, 7) is 1.07. The van der Waals surface area contributed by atoms with Gasteiger partial charge in [0.1, 0.15) is 18.1 Å². The molecule has 21 heavy (non-hydrogen) atoms. The van der Waals surface area contributed by atoms with Gasteiger partial charge in [-0.3, -0.25) is 10.1 Å². The molecule has 0 saturated carbocycles. The largest absolute Gasteiger partial charge is 0.486 e. The Balaban J connectivity index is 1.75. The molecule has 0 aliphatic carbocycles. The van der Waals surface area contributed by atoms with Crippen molar-refractivity contribution in [2.24, 2.45) is 0 Å². The van der Waals surface area contributed by atoms with Gasteiger partial charge in [0, 0.05) is 17.8 Å². The van der Waals surface area contributed by atoms with Crippen molar-refractivity contribution in [1.29, 1.82) is 0 Å². The molecule has 2 aromatic carbocycles. The average Bonchev–Trinajstić information content (AvgIpc) is 2.53. The maximum atomic E-state index is 11.0. The van der Waals surface area contributed by atoms with Crippen LogP contribution in [0, 0.1) is 10.1 Å². The molecule has 0 amide bonds. The van der Waals surface area contributed by atoms with Gasteiger partial charge >= 0.3 is 0 Å². The fraction of sp³-hybridized carbons (Fsp3) is 0.143. The van der Waals surface area contributed by atoms with Crippen molar-refractivity contribution in [2.45, 2.75) is 4.90 Å². The van der Waals surface area contributed by atoms with Crippen LogP contribution in [0.25, 0.3) is 0 Å². The van der Waals surface area contributed by atoms with Crippen molar-refractivity contribution in [3.8, 4) is 11.5 Å². The molecule has 0 spiro atoms. The normalized spacial score (nSPS) is 12.8. The van der Waals surface area contributed by atoms with E-state index in [1.807, 2.05) is 18.2 Å². The first kappa shape index (κ1) is 13.6. The first-order valence-corrected chi connectivity index (χ1v) is 7.11. The number of ether oxygens (including phenoxy) is 2. The Morgan fingerprint density at radius 1 is 1.10 bits per heavy atom. The molecular weight excluding hydrogens is 292 g/mol. The summed E-state index contributed by atoms with van der Waals surface area (Å²) in [5.41, 5.74) is 0.870. The second kappa shape index (κ2) is 5.92. The number of nitro benzene ring substituents is 1. The molecule has 0 fully saturated rings. The lowest BCUT2D eigenvalue weighted by Crippen LogP contribution is -2.15. The summed E-state index contributed by atoms with van der Waals surface area (Å²) in [6.07, 6.45) is 0. The van der Waals surface area contributed by atoms with Gasteiger partial charge in [-0.2, -0.15) is 0 Å². The third-order valence-corrected chi connectivity index (χ3v) is 3.79. The summed E-state index contributed by atoms with van der Waals surface area (Å²) >= 11 is 1.19. The number of para-hydroxylation sites is 1. The summed E-state index contributed by atoms with van der Waals surface area (Å²) < 4.78 is 14.0. The third kappa shape index (κ3) is 3.03. The number of nitrogens with one attached hydrogen (secondary N) is 1. The van der Waals surface area contributed by atoms with E-state index in [1.54, 1.807) is 18.2 Å². The molecule has 1 aliphatic rings. The van der Waals surface area contributed by atoms with Crippen LogP contribution in [0.2, 0.25) is 0 Å². The van der Waals surface area contributed by atoms with Crippen LogP contribution < -0.4 is 14.2 Å². The average molecular weight is 304 g/mol.